The third-order valence-electron chi connectivity index (χ3n) is 4.36. The van der Waals surface area contributed by atoms with Crippen LogP contribution in [0, 0.1) is 5.92 Å². The number of nitrogens with zero attached hydrogens (tertiary/aromatic N) is 1. The van der Waals surface area contributed by atoms with Gasteiger partial charge in [0.15, 0.2) is 0 Å². The minimum Gasteiger partial charge on any atom is -0.376 e. The second-order valence-electron chi connectivity index (χ2n) is 6.05. The second kappa shape index (κ2) is 8.45. The van der Waals surface area contributed by atoms with E-state index in [0.29, 0.717) is 56.5 Å². The number of ether oxygens (including phenoxy) is 2. The highest BCUT2D eigenvalue weighted by molar-refractivity contribution is 9.11. The summed E-state index contributed by atoms with van der Waals surface area (Å²) in [5.41, 5.74) is 0. The van der Waals surface area contributed by atoms with E-state index in [2.05, 4.69) is 21.2 Å². The summed E-state index contributed by atoms with van der Waals surface area (Å²) < 4.78 is 38.6. The smallest absolute Gasteiger partial charge is 0.252 e. The molecule has 3 heterocycles. The van der Waals surface area contributed by atoms with Crippen molar-refractivity contribution >= 4 is 43.2 Å². The molecule has 0 radical (unpaired) electrons. The van der Waals surface area contributed by atoms with Crippen LogP contribution in [-0.4, -0.2) is 64.2 Å². The molecule has 1 N–H and O–H groups in total. The van der Waals surface area contributed by atoms with Crippen LogP contribution in [0.2, 0.25) is 0 Å². The first-order valence-electron chi connectivity index (χ1n) is 8.19. The number of amides is 1. The molecular weight excluding hydrogens is 432 g/mol. The van der Waals surface area contributed by atoms with Crippen molar-refractivity contribution in [2.45, 2.75) is 23.2 Å². The van der Waals surface area contributed by atoms with Crippen LogP contribution in [0.25, 0.3) is 0 Å². The Morgan fingerprint density at radius 2 is 2.08 bits per heavy atom. The molecule has 2 aliphatic heterocycles. The van der Waals surface area contributed by atoms with E-state index in [1.54, 1.807) is 12.1 Å². The summed E-state index contributed by atoms with van der Waals surface area (Å²) in [6.45, 7) is 2.79. The van der Waals surface area contributed by atoms with Gasteiger partial charge in [-0.2, -0.15) is 4.31 Å². The lowest BCUT2D eigenvalue weighted by molar-refractivity contribution is -0.128. The minimum atomic E-state index is -3.47. The zero-order valence-corrected chi connectivity index (χ0v) is 16.9. The molecule has 25 heavy (non-hydrogen) atoms. The first-order valence-corrected chi connectivity index (χ1v) is 11.2. The van der Waals surface area contributed by atoms with Gasteiger partial charge < -0.3 is 14.8 Å². The predicted molar refractivity (Wildman–Crippen MR) is 97.1 cm³/mol. The molecule has 10 heteroatoms. The van der Waals surface area contributed by atoms with Crippen LogP contribution in [0.15, 0.2) is 20.1 Å². The van der Waals surface area contributed by atoms with Crippen LogP contribution in [0.3, 0.4) is 0 Å². The van der Waals surface area contributed by atoms with Gasteiger partial charge in [-0.25, -0.2) is 8.42 Å². The van der Waals surface area contributed by atoms with Crippen molar-refractivity contribution in [3.05, 3.63) is 15.9 Å². The molecular formula is C15H21BrN2O5S2. The summed E-state index contributed by atoms with van der Waals surface area (Å²) in [5, 5.41) is 2.89. The monoisotopic (exact) mass is 452 g/mol. The molecule has 7 nitrogen and oxygen atoms in total. The first kappa shape index (κ1) is 19.2. The summed E-state index contributed by atoms with van der Waals surface area (Å²) >= 11 is 4.49. The van der Waals surface area contributed by atoms with Gasteiger partial charge in [-0.3, -0.25) is 4.79 Å². The summed E-state index contributed by atoms with van der Waals surface area (Å²) in [4.78, 5) is 12.3. The van der Waals surface area contributed by atoms with Crippen molar-refractivity contribution in [3.8, 4) is 0 Å². The van der Waals surface area contributed by atoms with Crippen LogP contribution < -0.4 is 5.32 Å². The van der Waals surface area contributed by atoms with Gasteiger partial charge in [0.1, 0.15) is 4.21 Å². The van der Waals surface area contributed by atoms with Gasteiger partial charge in [-0.15, -0.1) is 11.3 Å². The van der Waals surface area contributed by atoms with Gasteiger partial charge in [0.05, 0.1) is 29.7 Å². The number of carbonyl (C=O) groups is 1. The summed E-state index contributed by atoms with van der Waals surface area (Å²) in [6, 6.07) is 3.34. The Kier molecular flexibility index (Phi) is 6.50. The standard InChI is InChI=1S/C15H21BrN2O5S2/c16-13-1-2-14(24-13)25(20,21)18-5-3-11(4-6-18)15(19)17-9-12-10-22-7-8-23-12/h1-2,11-12H,3-10H2,(H,17,19). The number of carbonyl (C=O) groups excluding carboxylic acids is 1. The topological polar surface area (TPSA) is 84.9 Å². The van der Waals surface area contributed by atoms with E-state index in [1.807, 2.05) is 0 Å². The number of hydrogen-bond acceptors (Lipinski definition) is 6. The van der Waals surface area contributed by atoms with Crippen molar-refractivity contribution in [2.75, 3.05) is 39.5 Å². The molecule has 1 atom stereocenters. The van der Waals surface area contributed by atoms with E-state index in [9.17, 15) is 13.2 Å². The summed E-state index contributed by atoms with van der Waals surface area (Å²) in [7, 11) is -3.47. The fraction of sp³-hybridized carbons (Fsp3) is 0.667. The lowest BCUT2D eigenvalue weighted by atomic mass is 9.97. The molecule has 0 aromatic carbocycles. The second-order valence-corrected chi connectivity index (χ2v) is 10.7. The molecule has 140 valence electrons. The summed E-state index contributed by atoms with van der Waals surface area (Å²) in [5.74, 6) is -0.198. The Morgan fingerprint density at radius 1 is 1.32 bits per heavy atom. The lowest BCUT2D eigenvalue weighted by Crippen LogP contribution is -2.45. The molecule has 0 bridgehead atoms. The van der Waals surface area contributed by atoms with Gasteiger partial charge in [0.2, 0.25) is 5.91 Å². The van der Waals surface area contributed by atoms with Gasteiger partial charge >= 0.3 is 0 Å². The van der Waals surface area contributed by atoms with E-state index in [1.165, 1.54) is 15.6 Å². The maximum absolute atomic E-state index is 12.6. The predicted octanol–water partition coefficient (Wildman–Crippen LogP) is 1.44. The molecule has 0 saturated carbocycles. The Bertz CT molecular complexity index is 695. The van der Waals surface area contributed by atoms with Gasteiger partial charge in [0.25, 0.3) is 10.0 Å². The Balaban J connectivity index is 1.48. The zero-order valence-electron chi connectivity index (χ0n) is 13.6. The average Bonchev–Trinajstić information content (AvgIpc) is 3.08. The number of hydrogen-bond donors (Lipinski definition) is 1. The maximum atomic E-state index is 12.6. The highest BCUT2D eigenvalue weighted by Crippen LogP contribution is 2.30. The van der Waals surface area contributed by atoms with Crippen molar-refractivity contribution < 1.29 is 22.7 Å². The van der Waals surface area contributed by atoms with Crippen LogP contribution >= 0.6 is 27.3 Å². The minimum absolute atomic E-state index is 0.0370. The fourth-order valence-electron chi connectivity index (χ4n) is 2.94. The maximum Gasteiger partial charge on any atom is 0.252 e. The van der Waals surface area contributed by atoms with Gasteiger partial charge in [0, 0.05) is 25.6 Å². The molecule has 2 aliphatic rings. The molecule has 2 saturated heterocycles. The van der Waals surface area contributed by atoms with E-state index >= 15 is 0 Å². The van der Waals surface area contributed by atoms with Crippen molar-refractivity contribution in [3.63, 3.8) is 0 Å². The molecule has 1 unspecified atom stereocenters. The normalized spacial score (nSPS) is 23.5. The highest BCUT2D eigenvalue weighted by Gasteiger charge is 2.33. The number of nitrogens with one attached hydrogen (secondary N) is 1. The third kappa shape index (κ3) is 4.81. The quantitative estimate of drug-likeness (QED) is 0.730. The largest absolute Gasteiger partial charge is 0.376 e. The van der Waals surface area contributed by atoms with E-state index in [-0.39, 0.29) is 17.9 Å². The number of thiophene rings is 1. The van der Waals surface area contributed by atoms with Crippen LogP contribution in [0.1, 0.15) is 12.8 Å². The third-order valence-corrected chi connectivity index (χ3v) is 8.35. The van der Waals surface area contributed by atoms with E-state index in [0.717, 1.165) is 3.79 Å². The highest BCUT2D eigenvalue weighted by atomic mass is 79.9. The molecule has 1 aromatic heterocycles. The number of piperidine rings is 1. The molecule has 0 aliphatic carbocycles. The van der Waals surface area contributed by atoms with Crippen molar-refractivity contribution in [2.24, 2.45) is 5.92 Å². The van der Waals surface area contributed by atoms with Gasteiger partial charge in [-0.05, 0) is 40.9 Å². The Labute approximate surface area is 159 Å². The van der Waals surface area contributed by atoms with Crippen molar-refractivity contribution in [1.29, 1.82) is 0 Å². The number of sulfonamides is 1. The number of rotatable bonds is 5. The molecule has 0 spiro atoms. The lowest BCUT2D eigenvalue weighted by Gasteiger charge is -2.30. The van der Waals surface area contributed by atoms with Crippen LogP contribution in [0.4, 0.5) is 0 Å². The molecule has 1 amide bonds. The van der Waals surface area contributed by atoms with E-state index < -0.39 is 10.0 Å². The van der Waals surface area contributed by atoms with Crippen LogP contribution in [-0.2, 0) is 24.3 Å². The SMILES string of the molecule is O=C(NCC1COCCO1)C1CCN(S(=O)(=O)c2ccc(Br)s2)CC1. The molecule has 1 aromatic rings. The van der Waals surface area contributed by atoms with Crippen LogP contribution in [0.5, 0.6) is 0 Å². The molecule has 2 fully saturated rings. The van der Waals surface area contributed by atoms with Crippen molar-refractivity contribution in [1.82, 2.24) is 9.62 Å². The van der Waals surface area contributed by atoms with E-state index in [4.69, 9.17) is 9.47 Å². The number of halogens is 1. The average molecular weight is 453 g/mol. The Hall–Kier alpha value is -0.520. The zero-order chi connectivity index (χ0) is 17.9. The first-order chi connectivity index (χ1) is 12.0. The summed E-state index contributed by atoms with van der Waals surface area (Å²) in [6.07, 6.45) is 0.953. The molecule has 3 rings (SSSR count). The fourth-order valence-corrected chi connectivity index (χ4v) is 6.57. The van der Waals surface area contributed by atoms with Gasteiger partial charge in [-0.1, -0.05) is 0 Å². The Morgan fingerprint density at radius 3 is 2.68 bits per heavy atom.